The van der Waals surface area contributed by atoms with Gasteiger partial charge in [-0.2, -0.15) is 0 Å². The first-order valence-corrected chi connectivity index (χ1v) is 10.0. The molecular weight excluding hydrogens is 356 g/mol. The molecule has 0 saturated heterocycles. The van der Waals surface area contributed by atoms with E-state index in [1.807, 2.05) is 55.5 Å². The van der Waals surface area contributed by atoms with Crippen LogP contribution >= 0.6 is 11.8 Å². The first-order chi connectivity index (χ1) is 13.0. The maximum atomic E-state index is 12.5. The Morgan fingerprint density at radius 2 is 1.74 bits per heavy atom. The predicted molar refractivity (Wildman–Crippen MR) is 111 cm³/mol. The highest BCUT2D eigenvalue weighted by Gasteiger charge is 2.20. The molecule has 1 unspecified atom stereocenters. The van der Waals surface area contributed by atoms with Gasteiger partial charge in [0.05, 0.1) is 21.8 Å². The molecule has 0 saturated carbocycles. The largest absolute Gasteiger partial charge is 0.355 e. The van der Waals surface area contributed by atoms with Crippen molar-refractivity contribution in [2.45, 2.75) is 31.2 Å². The summed E-state index contributed by atoms with van der Waals surface area (Å²) in [7, 11) is 0. The average molecular weight is 379 g/mol. The molecule has 0 aliphatic carbocycles. The lowest BCUT2D eigenvalue weighted by atomic mass is 10.2. The SMILES string of the molecule is CC(C)CNC(=O)C(C)Sc1nc2ccccc2c2nc3ccccc3n12. The minimum absolute atomic E-state index is 0.0289. The zero-order valence-electron chi connectivity index (χ0n) is 15.6. The lowest BCUT2D eigenvalue weighted by molar-refractivity contribution is -0.120. The van der Waals surface area contributed by atoms with Crippen molar-refractivity contribution in [1.29, 1.82) is 0 Å². The van der Waals surface area contributed by atoms with E-state index in [-0.39, 0.29) is 11.2 Å². The van der Waals surface area contributed by atoms with Crippen molar-refractivity contribution in [2.75, 3.05) is 6.54 Å². The number of nitrogens with one attached hydrogen (secondary N) is 1. The van der Waals surface area contributed by atoms with Crippen molar-refractivity contribution in [3.05, 3.63) is 48.5 Å². The third-order valence-corrected chi connectivity index (χ3v) is 5.50. The summed E-state index contributed by atoms with van der Waals surface area (Å²) in [5.41, 5.74) is 3.69. The number of amides is 1. The third kappa shape index (κ3) is 3.37. The monoisotopic (exact) mass is 378 g/mol. The number of thioether (sulfide) groups is 1. The molecule has 0 spiro atoms. The van der Waals surface area contributed by atoms with E-state index in [1.54, 1.807) is 0 Å². The second-order valence-electron chi connectivity index (χ2n) is 7.07. The molecule has 1 amide bonds. The lowest BCUT2D eigenvalue weighted by Gasteiger charge is -2.14. The Morgan fingerprint density at radius 3 is 2.52 bits per heavy atom. The van der Waals surface area contributed by atoms with Crippen LogP contribution in [-0.2, 0) is 4.79 Å². The molecule has 0 aliphatic rings. The second kappa shape index (κ2) is 7.19. The zero-order valence-corrected chi connectivity index (χ0v) is 16.5. The number of rotatable bonds is 5. The summed E-state index contributed by atoms with van der Waals surface area (Å²) in [5, 5.41) is 4.55. The smallest absolute Gasteiger partial charge is 0.233 e. The summed E-state index contributed by atoms with van der Waals surface area (Å²) >= 11 is 1.47. The van der Waals surface area contributed by atoms with Crippen molar-refractivity contribution in [3.8, 4) is 0 Å². The summed E-state index contributed by atoms with van der Waals surface area (Å²) in [6.07, 6.45) is 0. The van der Waals surface area contributed by atoms with Gasteiger partial charge in [0.1, 0.15) is 5.65 Å². The number of fused-ring (bicyclic) bond motifs is 5. The molecule has 1 N–H and O–H groups in total. The molecule has 4 aromatic rings. The van der Waals surface area contributed by atoms with E-state index in [0.29, 0.717) is 12.5 Å². The Kier molecular flexibility index (Phi) is 4.74. The van der Waals surface area contributed by atoms with E-state index >= 15 is 0 Å². The molecule has 2 heterocycles. The molecule has 2 aromatic heterocycles. The second-order valence-corrected chi connectivity index (χ2v) is 8.38. The molecule has 5 nitrogen and oxygen atoms in total. The van der Waals surface area contributed by atoms with Crippen LogP contribution in [0.15, 0.2) is 53.7 Å². The van der Waals surface area contributed by atoms with Crippen LogP contribution in [0.5, 0.6) is 0 Å². The van der Waals surface area contributed by atoms with Gasteiger partial charge in [0.15, 0.2) is 5.16 Å². The maximum Gasteiger partial charge on any atom is 0.233 e. The molecule has 138 valence electrons. The minimum Gasteiger partial charge on any atom is -0.355 e. The van der Waals surface area contributed by atoms with Gasteiger partial charge in [-0.15, -0.1) is 0 Å². The molecule has 4 rings (SSSR count). The summed E-state index contributed by atoms with van der Waals surface area (Å²) in [4.78, 5) is 22.1. The third-order valence-electron chi connectivity index (χ3n) is 4.45. The molecule has 6 heteroatoms. The number of hydrogen-bond donors (Lipinski definition) is 1. The number of hydrogen-bond acceptors (Lipinski definition) is 4. The fraction of sp³-hybridized carbons (Fsp3) is 0.286. The number of benzene rings is 2. The highest BCUT2D eigenvalue weighted by Crippen LogP contribution is 2.30. The molecule has 2 aromatic carbocycles. The van der Waals surface area contributed by atoms with E-state index in [4.69, 9.17) is 9.97 Å². The van der Waals surface area contributed by atoms with E-state index in [2.05, 4.69) is 23.6 Å². The average Bonchev–Trinajstić information content (AvgIpc) is 3.06. The summed E-state index contributed by atoms with van der Waals surface area (Å²) in [6.45, 7) is 6.77. The fourth-order valence-electron chi connectivity index (χ4n) is 3.05. The minimum atomic E-state index is -0.248. The molecular formula is C21H22N4OS. The number of aromatic nitrogens is 3. The standard InChI is InChI=1S/C21H22N4OS/c1-13(2)12-22-20(26)14(3)27-21-24-16-9-5-4-8-15(16)19-23-17-10-6-7-11-18(17)25(19)21/h4-11,13-14H,12H2,1-3H3,(H,22,26). The molecule has 0 bridgehead atoms. The van der Waals surface area contributed by atoms with Gasteiger partial charge in [0.25, 0.3) is 0 Å². The van der Waals surface area contributed by atoms with Gasteiger partial charge in [-0.3, -0.25) is 9.20 Å². The van der Waals surface area contributed by atoms with Crippen LogP contribution in [0.3, 0.4) is 0 Å². The van der Waals surface area contributed by atoms with Crippen LogP contribution < -0.4 is 5.32 Å². The van der Waals surface area contributed by atoms with Crippen LogP contribution in [-0.4, -0.2) is 32.1 Å². The highest BCUT2D eigenvalue weighted by molar-refractivity contribution is 8.00. The molecule has 27 heavy (non-hydrogen) atoms. The summed E-state index contributed by atoms with van der Waals surface area (Å²) in [5.74, 6) is 0.454. The first kappa shape index (κ1) is 17.8. The Hall–Kier alpha value is -2.60. The Balaban J connectivity index is 1.82. The van der Waals surface area contributed by atoms with Gasteiger partial charge in [0, 0.05) is 11.9 Å². The molecule has 0 aliphatic heterocycles. The molecule has 0 fully saturated rings. The van der Waals surface area contributed by atoms with Crippen molar-refractivity contribution in [3.63, 3.8) is 0 Å². The van der Waals surface area contributed by atoms with E-state index in [0.717, 1.165) is 32.7 Å². The lowest BCUT2D eigenvalue weighted by Crippen LogP contribution is -2.33. The number of imidazole rings is 1. The van der Waals surface area contributed by atoms with E-state index in [1.165, 1.54) is 11.8 Å². The van der Waals surface area contributed by atoms with Gasteiger partial charge in [-0.05, 0) is 37.1 Å². The molecule has 1 atom stereocenters. The van der Waals surface area contributed by atoms with Crippen molar-refractivity contribution >= 4 is 45.3 Å². The van der Waals surface area contributed by atoms with Gasteiger partial charge < -0.3 is 5.32 Å². The number of carbonyl (C=O) groups excluding carboxylic acids is 1. The normalized spacial score (nSPS) is 12.9. The van der Waals surface area contributed by atoms with Gasteiger partial charge in [0.2, 0.25) is 5.91 Å². The maximum absolute atomic E-state index is 12.5. The summed E-state index contributed by atoms with van der Waals surface area (Å²) < 4.78 is 2.06. The number of nitrogens with zero attached hydrogens (tertiary/aromatic N) is 3. The van der Waals surface area contributed by atoms with Crippen molar-refractivity contribution < 1.29 is 4.79 Å². The van der Waals surface area contributed by atoms with Gasteiger partial charge >= 0.3 is 0 Å². The van der Waals surface area contributed by atoms with Crippen LogP contribution in [0.25, 0.3) is 27.6 Å². The number of carbonyl (C=O) groups is 1. The van der Waals surface area contributed by atoms with Gasteiger partial charge in [-0.25, -0.2) is 9.97 Å². The van der Waals surface area contributed by atoms with E-state index < -0.39 is 0 Å². The molecule has 0 radical (unpaired) electrons. The van der Waals surface area contributed by atoms with Crippen molar-refractivity contribution in [2.24, 2.45) is 5.92 Å². The topological polar surface area (TPSA) is 59.3 Å². The van der Waals surface area contributed by atoms with Crippen LogP contribution in [0.2, 0.25) is 0 Å². The fourth-order valence-corrected chi connectivity index (χ4v) is 4.00. The van der Waals surface area contributed by atoms with E-state index in [9.17, 15) is 4.79 Å². The number of para-hydroxylation sites is 3. The van der Waals surface area contributed by atoms with Gasteiger partial charge in [-0.1, -0.05) is 49.9 Å². The zero-order chi connectivity index (χ0) is 19.0. The van der Waals surface area contributed by atoms with Crippen LogP contribution in [0.4, 0.5) is 0 Å². The van der Waals surface area contributed by atoms with Crippen LogP contribution in [0, 0.1) is 5.92 Å². The highest BCUT2D eigenvalue weighted by atomic mass is 32.2. The first-order valence-electron chi connectivity index (χ1n) is 9.15. The summed E-state index contributed by atoms with van der Waals surface area (Å²) in [6, 6.07) is 16.0. The van der Waals surface area contributed by atoms with Crippen LogP contribution in [0.1, 0.15) is 20.8 Å². The Bertz CT molecular complexity index is 1140. The predicted octanol–water partition coefficient (Wildman–Crippen LogP) is 4.29. The Labute approximate surface area is 162 Å². The Morgan fingerprint density at radius 1 is 1.04 bits per heavy atom. The quantitative estimate of drug-likeness (QED) is 0.416. The van der Waals surface area contributed by atoms with Crippen molar-refractivity contribution in [1.82, 2.24) is 19.7 Å².